The number of alkyl halides is 6. The molecule has 1 aromatic carbocycles. The molecule has 1 atom stereocenters. The van der Waals surface area contributed by atoms with Gasteiger partial charge in [0.25, 0.3) is 0 Å². The third kappa shape index (κ3) is 3.59. The standard InChI is InChI=1S/C14H10F6O3/c1-2-22-12(21)9-6-7-5-8(13(15,16)17)3-4-10(7)23-11(9)14(18,19)20/h3-6,11H,2H2,1H3. The van der Waals surface area contributed by atoms with E-state index in [1.54, 1.807) is 0 Å². The zero-order valence-corrected chi connectivity index (χ0v) is 11.6. The van der Waals surface area contributed by atoms with Crippen molar-refractivity contribution >= 4 is 12.0 Å². The van der Waals surface area contributed by atoms with Crippen LogP contribution >= 0.6 is 0 Å². The lowest BCUT2D eigenvalue weighted by molar-refractivity contribution is -0.188. The SMILES string of the molecule is CCOC(=O)C1=Cc2cc(C(F)(F)F)ccc2OC1C(F)(F)F. The summed E-state index contributed by atoms with van der Waals surface area (Å²) >= 11 is 0. The van der Waals surface area contributed by atoms with E-state index in [-0.39, 0.29) is 12.2 Å². The molecular formula is C14H10F6O3. The molecule has 0 bridgehead atoms. The largest absolute Gasteiger partial charge is 0.475 e. The highest BCUT2D eigenvalue weighted by Crippen LogP contribution is 2.40. The Bertz CT molecular complexity index is 645. The first-order valence-electron chi connectivity index (χ1n) is 6.37. The van der Waals surface area contributed by atoms with Gasteiger partial charge in [-0.05, 0) is 31.2 Å². The van der Waals surface area contributed by atoms with Crippen molar-refractivity contribution in [2.75, 3.05) is 6.61 Å². The molecule has 0 spiro atoms. The van der Waals surface area contributed by atoms with Crippen molar-refractivity contribution in [3.8, 4) is 5.75 Å². The summed E-state index contributed by atoms with van der Waals surface area (Å²) in [6.45, 7) is 1.21. The van der Waals surface area contributed by atoms with E-state index in [1.807, 2.05) is 0 Å². The molecule has 126 valence electrons. The lowest BCUT2D eigenvalue weighted by Crippen LogP contribution is -2.40. The number of hydrogen-bond acceptors (Lipinski definition) is 3. The summed E-state index contributed by atoms with van der Waals surface area (Å²) in [4.78, 5) is 11.7. The van der Waals surface area contributed by atoms with E-state index >= 15 is 0 Å². The number of ether oxygens (including phenoxy) is 2. The molecule has 1 unspecified atom stereocenters. The van der Waals surface area contributed by atoms with E-state index in [9.17, 15) is 31.1 Å². The molecule has 23 heavy (non-hydrogen) atoms. The molecule has 1 aromatic rings. The minimum Gasteiger partial charge on any atom is -0.475 e. The fourth-order valence-corrected chi connectivity index (χ4v) is 2.00. The molecule has 0 fully saturated rings. The fourth-order valence-electron chi connectivity index (χ4n) is 2.00. The maximum atomic E-state index is 13.0. The molecule has 0 saturated carbocycles. The number of hydrogen-bond donors (Lipinski definition) is 0. The van der Waals surface area contributed by atoms with E-state index in [4.69, 9.17) is 0 Å². The van der Waals surface area contributed by atoms with Crippen LogP contribution in [-0.2, 0) is 15.7 Å². The Morgan fingerprint density at radius 1 is 1.22 bits per heavy atom. The van der Waals surface area contributed by atoms with Gasteiger partial charge in [0.15, 0.2) is 0 Å². The molecule has 9 heteroatoms. The zero-order valence-electron chi connectivity index (χ0n) is 11.6. The minimum absolute atomic E-state index is 0.184. The van der Waals surface area contributed by atoms with Crippen molar-refractivity contribution in [1.82, 2.24) is 0 Å². The Morgan fingerprint density at radius 3 is 2.39 bits per heavy atom. The molecule has 0 saturated heterocycles. The summed E-state index contributed by atoms with van der Waals surface area (Å²) in [6.07, 6.45) is -11.5. The van der Waals surface area contributed by atoms with Crippen LogP contribution in [0.4, 0.5) is 26.3 Å². The predicted molar refractivity (Wildman–Crippen MR) is 66.5 cm³/mol. The first-order chi connectivity index (χ1) is 10.5. The molecule has 1 aliphatic rings. The second-order valence-electron chi connectivity index (χ2n) is 4.61. The van der Waals surface area contributed by atoms with Crippen LogP contribution in [0.3, 0.4) is 0 Å². The van der Waals surface area contributed by atoms with Crippen molar-refractivity contribution in [1.29, 1.82) is 0 Å². The second kappa shape index (κ2) is 5.78. The first kappa shape index (κ1) is 17.2. The molecule has 1 heterocycles. The molecule has 2 rings (SSSR count). The van der Waals surface area contributed by atoms with Crippen LogP contribution < -0.4 is 4.74 Å². The zero-order chi connectivity index (χ0) is 17.4. The normalized spacial score (nSPS) is 17.9. The van der Waals surface area contributed by atoms with Crippen LogP contribution in [0.15, 0.2) is 23.8 Å². The first-order valence-corrected chi connectivity index (χ1v) is 6.37. The Labute approximate surface area is 126 Å². The van der Waals surface area contributed by atoms with Crippen LogP contribution in [0.5, 0.6) is 5.75 Å². The highest BCUT2D eigenvalue weighted by atomic mass is 19.4. The van der Waals surface area contributed by atoms with Gasteiger partial charge in [0.1, 0.15) is 5.75 Å². The van der Waals surface area contributed by atoms with Gasteiger partial charge in [-0.2, -0.15) is 26.3 Å². The van der Waals surface area contributed by atoms with Gasteiger partial charge in [-0.25, -0.2) is 4.79 Å². The van der Waals surface area contributed by atoms with Gasteiger partial charge in [-0.3, -0.25) is 0 Å². The third-order valence-corrected chi connectivity index (χ3v) is 2.98. The summed E-state index contributed by atoms with van der Waals surface area (Å²) < 4.78 is 86.2. The van der Waals surface area contributed by atoms with Gasteiger partial charge < -0.3 is 9.47 Å². The van der Waals surface area contributed by atoms with E-state index < -0.39 is 41.3 Å². The highest BCUT2D eigenvalue weighted by Gasteiger charge is 2.49. The van der Waals surface area contributed by atoms with Crippen molar-refractivity contribution < 1.29 is 40.6 Å². The average molecular weight is 340 g/mol. The molecule has 0 radical (unpaired) electrons. The topological polar surface area (TPSA) is 35.5 Å². The molecule has 0 aromatic heterocycles. The van der Waals surface area contributed by atoms with Crippen molar-refractivity contribution in [3.63, 3.8) is 0 Å². The van der Waals surface area contributed by atoms with E-state index in [1.165, 1.54) is 6.92 Å². The van der Waals surface area contributed by atoms with Crippen LogP contribution in [0.2, 0.25) is 0 Å². The fraction of sp³-hybridized carbons (Fsp3) is 0.357. The Morgan fingerprint density at radius 2 is 1.87 bits per heavy atom. The quantitative estimate of drug-likeness (QED) is 0.604. The minimum atomic E-state index is -4.92. The Hall–Kier alpha value is -2.19. The molecule has 0 N–H and O–H groups in total. The van der Waals surface area contributed by atoms with Crippen molar-refractivity contribution in [2.24, 2.45) is 0 Å². The summed E-state index contributed by atoms with van der Waals surface area (Å²) in [5.41, 5.74) is -2.24. The second-order valence-corrected chi connectivity index (χ2v) is 4.61. The van der Waals surface area contributed by atoms with Gasteiger partial charge >= 0.3 is 18.3 Å². The molecule has 3 nitrogen and oxygen atoms in total. The number of benzene rings is 1. The summed E-state index contributed by atoms with van der Waals surface area (Å²) in [5, 5.41) is 0. The lowest BCUT2D eigenvalue weighted by Gasteiger charge is -2.28. The summed E-state index contributed by atoms with van der Waals surface area (Å²) in [5.74, 6) is -1.69. The van der Waals surface area contributed by atoms with Crippen LogP contribution in [0, 0.1) is 0 Å². The van der Waals surface area contributed by atoms with Crippen LogP contribution in [0.25, 0.3) is 6.08 Å². The number of esters is 1. The highest BCUT2D eigenvalue weighted by molar-refractivity contribution is 5.96. The van der Waals surface area contributed by atoms with E-state index in [0.717, 1.165) is 6.07 Å². The van der Waals surface area contributed by atoms with E-state index in [0.29, 0.717) is 18.2 Å². The number of rotatable bonds is 2. The van der Waals surface area contributed by atoms with Crippen molar-refractivity contribution in [2.45, 2.75) is 25.4 Å². The number of halogens is 6. The van der Waals surface area contributed by atoms with Crippen LogP contribution in [0.1, 0.15) is 18.1 Å². The van der Waals surface area contributed by atoms with Gasteiger partial charge in [-0.1, -0.05) is 0 Å². The van der Waals surface area contributed by atoms with E-state index in [2.05, 4.69) is 9.47 Å². The lowest BCUT2D eigenvalue weighted by atomic mass is 9.99. The maximum Gasteiger partial charge on any atom is 0.430 e. The molecule has 0 aliphatic carbocycles. The maximum absolute atomic E-state index is 13.0. The van der Waals surface area contributed by atoms with Gasteiger partial charge in [0.2, 0.25) is 6.10 Å². The Kier molecular flexibility index (Phi) is 4.32. The number of carbonyl (C=O) groups is 1. The summed E-state index contributed by atoms with van der Waals surface area (Å²) in [6, 6.07) is 2.01. The smallest absolute Gasteiger partial charge is 0.430 e. The third-order valence-electron chi connectivity index (χ3n) is 2.98. The number of fused-ring (bicyclic) bond motifs is 1. The Balaban J connectivity index is 2.52. The average Bonchev–Trinajstić information content (AvgIpc) is 2.43. The predicted octanol–water partition coefficient (Wildman–Crippen LogP) is 3.98. The number of carbonyl (C=O) groups excluding carboxylic acids is 1. The molecule has 1 aliphatic heterocycles. The summed E-state index contributed by atoms with van der Waals surface area (Å²) in [7, 11) is 0. The van der Waals surface area contributed by atoms with Gasteiger partial charge in [0, 0.05) is 5.56 Å². The van der Waals surface area contributed by atoms with Crippen molar-refractivity contribution in [3.05, 3.63) is 34.9 Å². The molecular weight excluding hydrogens is 330 g/mol. The molecule has 0 amide bonds. The van der Waals surface area contributed by atoms with Gasteiger partial charge in [-0.15, -0.1) is 0 Å². The van der Waals surface area contributed by atoms with Crippen LogP contribution in [-0.4, -0.2) is 24.9 Å². The van der Waals surface area contributed by atoms with Gasteiger partial charge in [0.05, 0.1) is 17.7 Å². The monoisotopic (exact) mass is 340 g/mol.